The van der Waals surface area contributed by atoms with Crippen LogP contribution in [-0.4, -0.2) is 40.3 Å². The van der Waals surface area contributed by atoms with Crippen molar-refractivity contribution in [1.29, 1.82) is 0 Å². The first kappa shape index (κ1) is 19.4. The number of thioether (sulfide) groups is 1. The van der Waals surface area contributed by atoms with Crippen LogP contribution in [0.15, 0.2) is 34.2 Å². The van der Waals surface area contributed by atoms with E-state index in [9.17, 15) is 4.79 Å². The summed E-state index contributed by atoms with van der Waals surface area (Å²) in [6, 6.07) is 7.59. The molecule has 1 N–H and O–H groups in total. The average Bonchev–Trinajstić information content (AvgIpc) is 2.96. The van der Waals surface area contributed by atoms with Crippen LogP contribution < -0.4 is 5.56 Å². The zero-order chi connectivity index (χ0) is 18.7. The molecule has 4 nitrogen and oxygen atoms in total. The lowest BCUT2D eigenvalue weighted by Gasteiger charge is -2.16. The predicted octanol–water partition coefficient (Wildman–Crippen LogP) is 5.05. The molecule has 1 aromatic carbocycles. The maximum Gasteiger partial charge on any atom is 0.260 e. The minimum Gasteiger partial charge on any atom is -0.303 e. The molecule has 0 saturated heterocycles. The van der Waals surface area contributed by atoms with E-state index in [1.807, 2.05) is 31.2 Å². The number of fused-ring (bicyclic) bond motifs is 1. The fourth-order valence-electron chi connectivity index (χ4n) is 2.94. The quantitative estimate of drug-likeness (QED) is 0.440. The van der Waals surface area contributed by atoms with Gasteiger partial charge in [-0.05, 0) is 37.7 Å². The molecular formula is C19H22ClN3OS2. The molecule has 3 aromatic rings. The number of aromatic amines is 1. The Balaban J connectivity index is 1.91. The normalized spacial score (nSPS) is 11.6. The fraction of sp³-hybridized carbons (Fsp3) is 0.368. The maximum atomic E-state index is 12.7. The molecule has 0 aliphatic rings. The summed E-state index contributed by atoms with van der Waals surface area (Å²) < 4.78 is 0. The van der Waals surface area contributed by atoms with Gasteiger partial charge in [0.25, 0.3) is 5.56 Å². The molecule has 0 aliphatic heterocycles. The second-order valence-electron chi connectivity index (χ2n) is 5.97. The molecular weight excluding hydrogens is 386 g/mol. The number of hydrogen-bond acceptors (Lipinski definition) is 5. The fourth-order valence-corrected chi connectivity index (χ4v) is 5.04. The van der Waals surface area contributed by atoms with Crippen LogP contribution in [0.5, 0.6) is 0 Å². The van der Waals surface area contributed by atoms with Gasteiger partial charge in [0.1, 0.15) is 4.83 Å². The number of aryl methyl sites for hydroxylation is 1. The topological polar surface area (TPSA) is 49.0 Å². The van der Waals surface area contributed by atoms with Crippen LogP contribution in [0, 0.1) is 6.92 Å². The summed E-state index contributed by atoms with van der Waals surface area (Å²) in [5, 5.41) is 2.05. The van der Waals surface area contributed by atoms with Gasteiger partial charge in [0.05, 0.1) is 5.39 Å². The molecule has 0 unspecified atom stereocenters. The number of halogens is 1. The van der Waals surface area contributed by atoms with Crippen molar-refractivity contribution in [3.05, 3.63) is 44.5 Å². The summed E-state index contributed by atoms with van der Waals surface area (Å²) in [5.41, 5.74) is 1.87. The largest absolute Gasteiger partial charge is 0.303 e. The smallest absolute Gasteiger partial charge is 0.260 e. The second-order valence-corrected chi connectivity index (χ2v) is 8.69. The third kappa shape index (κ3) is 4.14. The van der Waals surface area contributed by atoms with Crippen molar-refractivity contribution in [2.45, 2.75) is 25.9 Å². The van der Waals surface area contributed by atoms with E-state index in [1.54, 1.807) is 23.1 Å². The molecule has 26 heavy (non-hydrogen) atoms. The highest BCUT2D eigenvalue weighted by molar-refractivity contribution is 7.99. The highest BCUT2D eigenvalue weighted by atomic mass is 35.5. The van der Waals surface area contributed by atoms with E-state index in [4.69, 9.17) is 16.6 Å². The van der Waals surface area contributed by atoms with Gasteiger partial charge < -0.3 is 9.88 Å². The number of hydrogen-bond donors (Lipinski definition) is 1. The second kappa shape index (κ2) is 8.57. The maximum absolute atomic E-state index is 12.7. The highest BCUT2D eigenvalue weighted by Gasteiger charge is 2.16. The Hall–Kier alpha value is -1.34. The Morgan fingerprint density at radius 1 is 1.23 bits per heavy atom. The molecule has 0 amide bonds. The van der Waals surface area contributed by atoms with Crippen molar-refractivity contribution in [3.8, 4) is 11.1 Å². The van der Waals surface area contributed by atoms with Crippen LogP contribution in [0.3, 0.4) is 0 Å². The van der Waals surface area contributed by atoms with Crippen LogP contribution in [0.2, 0.25) is 5.02 Å². The molecule has 0 aliphatic carbocycles. The number of rotatable bonds is 7. The van der Waals surface area contributed by atoms with E-state index in [1.165, 1.54) is 0 Å². The molecule has 138 valence electrons. The van der Waals surface area contributed by atoms with E-state index in [2.05, 4.69) is 23.7 Å². The standard InChI is InChI=1S/C19H22ClN3OS2/c1-4-23(5-2)10-11-25-19-21-17(24)16-15(12(3)26-18(16)22-19)13-6-8-14(20)9-7-13/h6-9H,4-5,10-11H2,1-3H3,(H,21,22,24). The van der Waals surface area contributed by atoms with Gasteiger partial charge in [0.2, 0.25) is 0 Å². The zero-order valence-electron chi connectivity index (χ0n) is 15.1. The molecule has 2 heterocycles. The number of benzene rings is 1. The minimum absolute atomic E-state index is 0.0744. The third-order valence-corrected chi connectivity index (χ3v) is 6.49. The van der Waals surface area contributed by atoms with Crippen LogP contribution in [-0.2, 0) is 0 Å². The molecule has 2 aromatic heterocycles. The summed E-state index contributed by atoms with van der Waals surface area (Å²) in [4.78, 5) is 24.6. The van der Waals surface area contributed by atoms with Crippen LogP contribution in [0.4, 0.5) is 0 Å². The van der Waals surface area contributed by atoms with Gasteiger partial charge in [-0.3, -0.25) is 4.79 Å². The lowest BCUT2D eigenvalue weighted by Crippen LogP contribution is -2.25. The third-order valence-electron chi connectivity index (χ3n) is 4.39. The van der Waals surface area contributed by atoms with Crippen LogP contribution in [0.1, 0.15) is 18.7 Å². The van der Waals surface area contributed by atoms with E-state index >= 15 is 0 Å². The van der Waals surface area contributed by atoms with Crippen molar-refractivity contribution >= 4 is 44.9 Å². The molecule has 0 saturated carbocycles. The average molecular weight is 408 g/mol. The zero-order valence-corrected chi connectivity index (χ0v) is 17.5. The molecule has 3 rings (SSSR count). The first-order valence-corrected chi connectivity index (χ1v) is 10.9. The van der Waals surface area contributed by atoms with E-state index < -0.39 is 0 Å². The number of thiophene rings is 1. The molecule has 7 heteroatoms. The van der Waals surface area contributed by atoms with Gasteiger partial charge in [-0.15, -0.1) is 11.3 Å². The Labute approximate surface area is 166 Å². The molecule has 0 radical (unpaired) electrons. The van der Waals surface area contributed by atoms with Crippen molar-refractivity contribution in [2.75, 3.05) is 25.4 Å². The van der Waals surface area contributed by atoms with E-state index in [0.717, 1.165) is 46.2 Å². The monoisotopic (exact) mass is 407 g/mol. The Morgan fingerprint density at radius 3 is 2.58 bits per heavy atom. The van der Waals surface area contributed by atoms with Crippen molar-refractivity contribution in [2.24, 2.45) is 0 Å². The molecule has 0 spiro atoms. The van der Waals surface area contributed by atoms with Gasteiger partial charge in [-0.1, -0.05) is 49.3 Å². The lowest BCUT2D eigenvalue weighted by atomic mass is 10.0. The summed E-state index contributed by atoms with van der Waals surface area (Å²) in [6.07, 6.45) is 0. The SMILES string of the molecule is CCN(CC)CCSc1nc2sc(C)c(-c3ccc(Cl)cc3)c2c(=O)[nH]1. The summed E-state index contributed by atoms with van der Waals surface area (Å²) in [7, 11) is 0. The number of aromatic nitrogens is 2. The predicted molar refractivity (Wildman–Crippen MR) is 114 cm³/mol. The van der Waals surface area contributed by atoms with Crippen LogP contribution >= 0.6 is 34.7 Å². The molecule has 0 fully saturated rings. The number of nitrogens with one attached hydrogen (secondary N) is 1. The molecule has 0 atom stereocenters. The number of H-pyrrole nitrogens is 1. The first-order chi connectivity index (χ1) is 12.5. The first-order valence-electron chi connectivity index (χ1n) is 8.68. The Morgan fingerprint density at radius 2 is 1.92 bits per heavy atom. The van der Waals surface area contributed by atoms with Gasteiger partial charge >= 0.3 is 0 Å². The number of nitrogens with zero attached hydrogens (tertiary/aromatic N) is 2. The van der Waals surface area contributed by atoms with E-state index in [-0.39, 0.29) is 5.56 Å². The Kier molecular flexibility index (Phi) is 6.40. The Bertz CT molecular complexity index is 946. The minimum atomic E-state index is -0.0744. The van der Waals surface area contributed by atoms with E-state index in [0.29, 0.717) is 15.6 Å². The van der Waals surface area contributed by atoms with Crippen molar-refractivity contribution in [1.82, 2.24) is 14.9 Å². The summed E-state index contributed by atoms with van der Waals surface area (Å²) >= 11 is 9.16. The molecule has 0 bridgehead atoms. The summed E-state index contributed by atoms with van der Waals surface area (Å²) in [6.45, 7) is 9.41. The van der Waals surface area contributed by atoms with Crippen LogP contribution in [0.25, 0.3) is 21.3 Å². The van der Waals surface area contributed by atoms with Gasteiger partial charge in [-0.2, -0.15) is 0 Å². The van der Waals surface area contributed by atoms with Gasteiger partial charge in [-0.25, -0.2) is 4.98 Å². The van der Waals surface area contributed by atoms with Gasteiger partial charge in [0, 0.05) is 27.8 Å². The summed E-state index contributed by atoms with van der Waals surface area (Å²) in [5.74, 6) is 0.907. The lowest BCUT2D eigenvalue weighted by molar-refractivity contribution is 0.324. The van der Waals surface area contributed by atoms with Crippen molar-refractivity contribution in [3.63, 3.8) is 0 Å². The van der Waals surface area contributed by atoms with Gasteiger partial charge in [0.15, 0.2) is 5.16 Å². The highest BCUT2D eigenvalue weighted by Crippen LogP contribution is 2.36. The van der Waals surface area contributed by atoms with Crippen molar-refractivity contribution < 1.29 is 0 Å².